The fourth-order valence-electron chi connectivity index (χ4n) is 3.58. The molecule has 1 aliphatic rings. The van der Waals surface area contributed by atoms with E-state index in [2.05, 4.69) is 81.8 Å². The van der Waals surface area contributed by atoms with Crippen LogP contribution in [-0.2, 0) is 6.54 Å². The second-order valence-electron chi connectivity index (χ2n) is 7.40. The van der Waals surface area contributed by atoms with Gasteiger partial charge in [0.1, 0.15) is 12.7 Å². The lowest BCUT2D eigenvalue weighted by atomic mass is 10.2. The topological polar surface area (TPSA) is 58.3 Å². The maximum atomic E-state index is 4.90. The molecule has 7 heteroatoms. The number of rotatable bonds is 7. The van der Waals surface area contributed by atoms with Crippen LogP contribution in [0.15, 0.2) is 77.1 Å². The molecule has 1 unspecified atom stereocenters. The van der Waals surface area contributed by atoms with E-state index in [0.29, 0.717) is 12.5 Å². The summed E-state index contributed by atoms with van der Waals surface area (Å²) in [5, 5.41) is 7.64. The first-order valence-electron chi connectivity index (χ1n) is 10.5. The average Bonchev–Trinajstić information content (AvgIpc) is 3.49. The molecule has 3 aromatic rings. The predicted octanol–water partition coefficient (Wildman–Crippen LogP) is 3.85. The number of likely N-dealkylation sites (tertiary alicyclic amines) is 1. The molecule has 0 aliphatic carbocycles. The zero-order valence-electron chi connectivity index (χ0n) is 17.3. The molecule has 0 saturated carbocycles. The first kappa shape index (κ1) is 20.5. The minimum absolute atomic E-state index is 0.667. The predicted molar refractivity (Wildman–Crippen MR) is 123 cm³/mol. The molecule has 1 aromatic heterocycles. The molecular formula is C23H28N6S. The molecule has 2 heterocycles. The van der Waals surface area contributed by atoms with Gasteiger partial charge in [0.2, 0.25) is 0 Å². The third kappa shape index (κ3) is 5.42. The number of nitrogens with zero attached hydrogens (tertiary/aromatic N) is 5. The summed E-state index contributed by atoms with van der Waals surface area (Å²) in [7, 11) is 0. The summed E-state index contributed by atoms with van der Waals surface area (Å²) in [4.78, 5) is 12.7. The number of hydrogen-bond donors (Lipinski definition) is 1. The SMILES string of the molecule is CCNC(=NCc1ccc(-n2cncn2)cc1)N1CCC(CSc2ccccc2)C1. The highest BCUT2D eigenvalue weighted by atomic mass is 32.2. The molecule has 1 N–H and O–H groups in total. The summed E-state index contributed by atoms with van der Waals surface area (Å²) in [6.07, 6.45) is 4.47. The molecule has 2 aromatic carbocycles. The van der Waals surface area contributed by atoms with Crippen LogP contribution in [0.4, 0.5) is 0 Å². The number of benzene rings is 2. The zero-order valence-corrected chi connectivity index (χ0v) is 18.1. The van der Waals surface area contributed by atoms with Crippen LogP contribution in [0.3, 0.4) is 0 Å². The van der Waals surface area contributed by atoms with E-state index in [4.69, 9.17) is 4.99 Å². The molecule has 0 bridgehead atoms. The van der Waals surface area contributed by atoms with Crippen molar-refractivity contribution in [3.8, 4) is 5.69 Å². The molecular weight excluding hydrogens is 392 g/mol. The first-order chi connectivity index (χ1) is 14.8. The first-order valence-corrected chi connectivity index (χ1v) is 11.5. The highest BCUT2D eigenvalue weighted by Crippen LogP contribution is 2.26. The van der Waals surface area contributed by atoms with Gasteiger partial charge in [-0.2, -0.15) is 5.10 Å². The summed E-state index contributed by atoms with van der Waals surface area (Å²) >= 11 is 1.96. The fourth-order valence-corrected chi connectivity index (χ4v) is 4.63. The van der Waals surface area contributed by atoms with Crippen molar-refractivity contribution in [3.63, 3.8) is 0 Å². The summed E-state index contributed by atoms with van der Waals surface area (Å²) in [6, 6.07) is 19.0. The van der Waals surface area contributed by atoms with Crippen LogP contribution in [0.25, 0.3) is 5.69 Å². The number of hydrogen-bond acceptors (Lipinski definition) is 4. The van der Waals surface area contributed by atoms with Gasteiger partial charge in [-0.3, -0.25) is 0 Å². The Morgan fingerprint density at radius 3 is 2.73 bits per heavy atom. The van der Waals surface area contributed by atoms with Crippen LogP contribution in [0.2, 0.25) is 0 Å². The number of thioether (sulfide) groups is 1. The van der Waals surface area contributed by atoms with Crippen LogP contribution >= 0.6 is 11.8 Å². The average molecular weight is 421 g/mol. The van der Waals surface area contributed by atoms with Crippen molar-refractivity contribution < 1.29 is 0 Å². The molecule has 0 amide bonds. The fraction of sp³-hybridized carbons (Fsp3) is 0.348. The zero-order chi connectivity index (χ0) is 20.6. The molecule has 0 radical (unpaired) electrons. The van der Waals surface area contributed by atoms with Crippen molar-refractivity contribution in [1.29, 1.82) is 0 Å². The Kier molecular flexibility index (Phi) is 7.03. The maximum Gasteiger partial charge on any atom is 0.194 e. The minimum atomic E-state index is 0.667. The number of guanidine groups is 1. The maximum absolute atomic E-state index is 4.90. The van der Waals surface area contributed by atoms with Gasteiger partial charge in [-0.05, 0) is 49.1 Å². The Morgan fingerprint density at radius 1 is 1.17 bits per heavy atom. The van der Waals surface area contributed by atoms with Gasteiger partial charge < -0.3 is 10.2 Å². The van der Waals surface area contributed by atoms with E-state index in [1.807, 2.05) is 11.8 Å². The molecule has 156 valence electrons. The standard InChI is InChI=1S/C23H28N6S/c1-2-25-23(26-14-19-8-10-21(11-9-19)29-18-24-17-27-29)28-13-12-20(15-28)16-30-22-6-4-3-5-7-22/h3-11,17-18,20H,2,12-16H2,1H3,(H,25,26). The molecule has 6 nitrogen and oxygen atoms in total. The normalized spacial score (nSPS) is 16.8. The van der Waals surface area contributed by atoms with E-state index in [1.165, 1.54) is 16.9 Å². The Labute approximate surface area is 182 Å². The van der Waals surface area contributed by atoms with E-state index in [0.717, 1.165) is 37.0 Å². The third-order valence-electron chi connectivity index (χ3n) is 5.18. The van der Waals surface area contributed by atoms with Crippen molar-refractivity contribution in [2.75, 3.05) is 25.4 Å². The van der Waals surface area contributed by atoms with Gasteiger partial charge in [0, 0.05) is 30.3 Å². The Balaban J connectivity index is 1.33. The second-order valence-corrected chi connectivity index (χ2v) is 8.49. The van der Waals surface area contributed by atoms with Gasteiger partial charge in [0.25, 0.3) is 0 Å². The van der Waals surface area contributed by atoms with Crippen LogP contribution in [0, 0.1) is 5.92 Å². The van der Waals surface area contributed by atoms with Crippen molar-refractivity contribution in [1.82, 2.24) is 25.0 Å². The molecule has 4 rings (SSSR count). The van der Waals surface area contributed by atoms with Crippen molar-refractivity contribution in [3.05, 3.63) is 72.8 Å². The molecule has 1 saturated heterocycles. The smallest absolute Gasteiger partial charge is 0.194 e. The van der Waals surface area contributed by atoms with Gasteiger partial charge in [-0.1, -0.05) is 30.3 Å². The van der Waals surface area contributed by atoms with Gasteiger partial charge in [0.15, 0.2) is 5.96 Å². The molecule has 1 atom stereocenters. The quantitative estimate of drug-likeness (QED) is 0.357. The van der Waals surface area contributed by atoms with Crippen LogP contribution in [0.1, 0.15) is 18.9 Å². The highest BCUT2D eigenvalue weighted by molar-refractivity contribution is 7.99. The lowest BCUT2D eigenvalue weighted by Gasteiger charge is -2.21. The lowest BCUT2D eigenvalue weighted by molar-refractivity contribution is 0.474. The lowest BCUT2D eigenvalue weighted by Crippen LogP contribution is -2.40. The van der Waals surface area contributed by atoms with E-state index < -0.39 is 0 Å². The third-order valence-corrected chi connectivity index (χ3v) is 6.42. The van der Waals surface area contributed by atoms with Crippen molar-refractivity contribution >= 4 is 17.7 Å². The Hall–Kier alpha value is -2.80. The monoisotopic (exact) mass is 420 g/mol. The largest absolute Gasteiger partial charge is 0.357 e. The van der Waals surface area contributed by atoms with E-state index in [-0.39, 0.29) is 0 Å². The Morgan fingerprint density at radius 2 is 2.00 bits per heavy atom. The van der Waals surface area contributed by atoms with Gasteiger partial charge in [-0.25, -0.2) is 14.7 Å². The summed E-state index contributed by atoms with van der Waals surface area (Å²) in [6.45, 7) is 5.80. The van der Waals surface area contributed by atoms with E-state index >= 15 is 0 Å². The molecule has 30 heavy (non-hydrogen) atoms. The highest BCUT2D eigenvalue weighted by Gasteiger charge is 2.24. The molecule has 0 spiro atoms. The van der Waals surface area contributed by atoms with Gasteiger partial charge in [0.05, 0.1) is 12.2 Å². The van der Waals surface area contributed by atoms with E-state index in [9.17, 15) is 0 Å². The van der Waals surface area contributed by atoms with Crippen LogP contribution in [0.5, 0.6) is 0 Å². The van der Waals surface area contributed by atoms with Crippen molar-refractivity contribution in [2.24, 2.45) is 10.9 Å². The summed E-state index contributed by atoms with van der Waals surface area (Å²) in [5.74, 6) is 2.87. The number of aliphatic imine (C=N–C) groups is 1. The Bertz CT molecular complexity index is 924. The van der Waals surface area contributed by atoms with Crippen molar-refractivity contribution in [2.45, 2.75) is 24.8 Å². The number of aromatic nitrogens is 3. The van der Waals surface area contributed by atoms with Gasteiger partial charge >= 0.3 is 0 Å². The molecule has 1 fully saturated rings. The van der Waals surface area contributed by atoms with Gasteiger partial charge in [-0.15, -0.1) is 11.8 Å². The van der Waals surface area contributed by atoms with E-state index in [1.54, 1.807) is 17.3 Å². The molecule has 1 aliphatic heterocycles. The minimum Gasteiger partial charge on any atom is -0.357 e. The summed E-state index contributed by atoms with van der Waals surface area (Å²) < 4.78 is 1.76. The second kappa shape index (κ2) is 10.3. The van der Waals surface area contributed by atoms with Crippen LogP contribution in [-0.4, -0.2) is 51.0 Å². The van der Waals surface area contributed by atoms with Crippen LogP contribution < -0.4 is 5.32 Å². The number of nitrogens with one attached hydrogen (secondary N) is 1. The summed E-state index contributed by atoms with van der Waals surface area (Å²) in [5.41, 5.74) is 2.19.